The number of imidazole rings is 1. The molecule has 0 aliphatic carbocycles. The Labute approximate surface area is 139 Å². The minimum atomic E-state index is -0.0997. The van der Waals surface area contributed by atoms with E-state index in [9.17, 15) is 4.79 Å². The van der Waals surface area contributed by atoms with Crippen molar-refractivity contribution in [2.75, 3.05) is 38.6 Å². The van der Waals surface area contributed by atoms with E-state index in [1.807, 2.05) is 28.7 Å². The van der Waals surface area contributed by atoms with Crippen LogP contribution in [0, 0.1) is 0 Å². The largest absolute Gasteiger partial charge is 0.385 e. The van der Waals surface area contributed by atoms with Gasteiger partial charge in [-0.25, -0.2) is 4.98 Å². The third-order valence-corrected chi connectivity index (χ3v) is 4.54. The first kappa shape index (κ1) is 15.2. The molecule has 24 heavy (non-hydrogen) atoms. The van der Waals surface area contributed by atoms with Crippen LogP contribution in [0.25, 0.3) is 16.8 Å². The molecular weight excluding hydrogens is 306 g/mol. The van der Waals surface area contributed by atoms with Crippen LogP contribution in [0.2, 0.25) is 0 Å². The number of nitrogen functional groups attached to an aromatic ring is 1. The van der Waals surface area contributed by atoms with Gasteiger partial charge in [-0.15, -0.1) is 0 Å². The van der Waals surface area contributed by atoms with Crippen molar-refractivity contribution in [1.29, 1.82) is 0 Å². The first-order valence-electron chi connectivity index (χ1n) is 8.31. The lowest BCUT2D eigenvalue weighted by Crippen LogP contribution is -2.37. The van der Waals surface area contributed by atoms with E-state index in [0.717, 1.165) is 50.3 Å². The Balaban J connectivity index is 1.65. The molecule has 1 aliphatic heterocycles. The second kappa shape index (κ2) is 6.26. The first-order chi connectivity index (χ1) is 11.7. The van der Waals surface area contributed by atoms with E-state index in [2.05, 4.69) is 9.88 Å². The first-order valence-corrected chi connectivity index (χ1v) is 8.31. The Morgan fingerprint density at radius 3 is 2.79 bits per heavy atom. The van der Waals surface area contributed by atoms with Gasteiger partial charge in [0.15, 0.2) is 0 Å². The number of rotatable bonds is 4. The fourth-order valence-corrected chi connectivity index (χ4v) is 3.30. The smallest absolute Gasteiger partial charge is 0.256 e. The standard InChI is InChI=1S/C17H21N5O2/c18-15-12-16(23)21(7-3-6-20-8-10-24-11-9-20)17-19-13-4-1-2-5-14(13)22(15)17/h1-2,4-5,12H,3,6-11,18H2. The van der Waals surface area contributed by atoms with Gasteiger partial charge in [-0.1, -0.05) is 12.1 Å². The number of nitrogens with two attached hydrogens (primary N) is 1. The Kier molecular flexibility index (Phi) is 3.95. The molecule has 2 N–H and O–H groups in total. The quantitative estimate of drug-likeness (QED) is 0.772. The van der Waals surface area contributed by atoms with Gasteiger partial charge >= 0.3 is 0 Å². The molecule has 7 nitrogen and oxygen atoms in total. The highest BCUT2D eigenvalue weighted by Crippen LogP contribution is 2.18. The molecule has 0 spiro atoms. The van der Waals surface area contributed by atoms with Crippen LogP contribution in [-0.4, -0.2) is 51.7 Å². The molecule has 0 amide bonds. The normalized spacial score (nSPS) is 16.2. The summed E-state index contributed by atoms with van der Waals surface area (Å²) >= 11 is 0. The van der Waals surface area contributed by atoms with Crippen LogP contribution in [0.4, 0.5) is 5.82 Å². The average molecular weight is 327 g/mol. The molecule has 0 bridgehead atoms. The summed E-state index contributed by atoms with van der Waals surface area (Å²) in [5, 5.41) is 0. The Morgan fingerprint density at radius 1 is 1.17 bits per heavy atom. The van der Waals surface area contributed by atoms with Crippen molar-refractivity contribution in [2.45, 2.75) is 13.0 Å². The molecule has 7 heteroatoms. The van der Waals surface area contributed by atoms with Crippen LogP contribution in [0.5, 0.6) is 0 Å². The molecule has 0 atom stereocenters. The van der Waals surface area contributed by atoms with Crippen LogP contribution in [0.1, 0.15) is 6.42 Å². The fourth-order valence-electron chi connectivity index (χ4n) is 3.30. The van der Waals surface area contributed by atoms with Crippen molar-refractivity contribution >= 4 is 22.6 Å². The molecule has 1 aliphatic rings. The maximum atomic E-state index is 12.4. The van der Waals surface area contributed by atoms with Crippen LogP contribution in [0.15, 0.2) is 35.1 Å². The summed E-state index contributed by atoms with van der Waals surface area (Å²) in [5.41, 5.74) is 7.74. The van der Waals surface area contributed by atoms with Crippen molar-refractivity contribution in [3.63, 3.8) is 0 Å². The number of fused-ring (bicyclic) bond motifs is 3. The van der Waals surface area contributed by atoms with Crippen LogP contribution < -0.4 is 11.3 Å². The molecular formula is C17H21N5O2. The molecule has 2 aromatic heterocycles. The summed E-state index contributed by atoms with van der Waals surface area (Å²) in [7, 11) is 0. The number of anilines is 1. The van der Waals surface area contributed by atoms with E-state index in [1.165, 1.54) is 6.07 Å². The van der Waals surface area contributed by atoms with Gasteiger partial charge in [0, 0.05) is 32.2 Å². The number of hydrogen-bond donors (Lipinski definition) is 1. The van der Waals surface area contributed by atoms with E-state index in [-0.39, 0.29) is 5.56 Å². The number of ether oxygens (including phenoxy) is 1. The number of para-hydroxylation sites is 2. The van der Waals surface area contributed by atoms with Crippen molar-refractivity contribution < 1.29 is 4.74 Å². The highest BCUT2D eigenvalue weighted by molar-refractivity contribution is 5.81. The zero-order chi connectivity index (χ0) is 16.5. The van der Waals surface area contributed by atoms with Crippen molar-refractivity contribution in [3.8, 4) is 0 Å². The summed E-state index contributed by atoms with van der Waals surface area (Å²) in [5.74, 6) is 1.04. The molecule has 1 fully saturated rings. The van der Waals surface area contributed by atoms with Gasteiger partial charge in [-0.3, -0.25) is 18.7 Å². The number of benzene rings is 1. The second-order valence-electron chi connectivity index (χ2n) is 6.10. The number of hydrogen-bond acceptors (Lipinski definition) is 5. The monoisotopic (exact) mass is 327 g/mol. The van der Waals surface area contributed by atoms with E-state index >= 15 is 0 Å². The summed E-state index contributed by atoms with van der Waals surface area (Å²) < 4.78 is 8.94. The number of aryl methyl sites for hydroxylation is 1. The third-order valence-electron chi connectivity index (χ3n) is 4.54. The Morgan fingerprint density at radius 2 is 1.96 bits per heavy atom. The minimum Gasteiger partial charge on any atom is -0.385 e. The summed E-state index contributed by atoms with van der Waals surface area (Å²) in [6.07, 6.45) is 0.892. The van der Waals surface area contributed by atoms with Crippen LogP contribution in [0.3, 0.4) is 0 Å². The zero-order valence-electron chi connectivity index (χ0n) is 13.5. The van der Waals surface area contributed by atoms with E-state index in [1.54, 1.807) is 4.57 Å². The van der Waals surface area contributed by atoms with E-state index in [0.29, 0.717) is 18.1 Å². The van der Waals surface area contributed by atoms with Gasteiger partial charge in [-0.2, -0.15) is 0 Å². The Hall–Kier alpha value is -2.38. The molecule has 3 aromatic rings. The molecule has 0 saturated carbocycles. The van der Waals surface area contributed by atoms with Gasteiger partial charge in [0.25, 0.3) is 5.56 Å². The van der Waals surface area contributed by atoms with Crippen molar-refractivity contribution in [2.24, 2.45) is 0 Å². The highest BCUT2D eigenvalue weighted by atomic mass is 16.5. The predicted octanol–water partition coefficient (Wildman–Crippen LogP) is 0.954. The summed E-state index contributed by atoms with van der Waals surface area (Å²) in [4.78, 5) is 19.4. The van der Waals surface area contributed by atoms with Gasteiger partial charge in [-0.05, 0) is 18.6 Å². The third kappa shape index (κ3) is 2.65. The maximum absolute atomic E-state index is 12.4. The lowest BCUT2D eigenvalue weighted by Gasteiger charge is -2.26. The summed E-state index contributed by atoms with van der Waals surface area (Å²) in [6.45, 7) is 5.07. The molecule has 0 radical (unpaired) electrons. The van der Waals surface area contributed by atoms with Crippen LogP contribution in [-0.2, 0) is 11.3 Å². The van der Waals surface area contributed by atoms with E-state index < -0.39 is 0 Å². The minimum absolute atomic E-state index is 0.0997. The lowest BCUT2D eigenvalue weighted by atomic mass is 10.3. The van der Waals surface area contributed by atoms with Crippen molar-refractivity contribution in [1.82, 2.24) is 18.9 Å². The predicted molar refractivity (Wildman–Crippen MR) is 93.2 cm³/mol. The fraction of sp³-hybridized carbons (Fsp3) is 0.412. The summed E-state index contributed by atoms with van der Waals surface area (Å²) in [6, 6.07) is 9.27. The maximum Gasteiger partial charge on any atom is 0.256 e. The Bertz CT molecular complexity index is 924. The van der Waals surface area contributed by atoms with Gasteiger partial charge in [0.2, 0.25) is 5.78 Å². The highest BCUT2D eigenvalue weighted by Gasteiger charge is 2.14. The molecule has 0 unspecified atom stereocenters. The number of nitrogens with zero attached hydrogens (tertiary/aromatic N) is 4. The molecule has 3 heterocycles. The van der Waals surface area contributed by atoms with Crippen molar-refractivity contribution in [3.05, 3.63) is 40.7 Å². The number of morpholine rings is 1. The lowest BCUT2D eigenvalue weighted by molar-refractivity contribution is 0.0369. The average Bonchev–Trinajstić information content (AvgIpc) is 2.98. The van der Waals surface area contributed by atoms with Gasteiger partial charge in [0.05, 0.1) is 24.2 Å². The molecule has 1 aromatic carbocycles. The number of aromatic nitrogens is 3. The van der Waals surface area contributed by atoms with E-state index in [4.69, 9.17) is 10.5 Å². The zero-order valence-corrected chi connectivity index (χ0v) is 13.5. The van der Waals surface area contributed by atoms with Gasteiger partial charge < -0.3 is 10.5 Å². The van der Waals surface area contributed by atoms with Crippen LogP contribution >= 0.6 is 0 Å². The molecule has 1 saturated heterocycles. The van der Waals surface area contributed by atoms with Gasteiger partial charge in [0.1, 0.15) is 5.82 Å². The molecule has 4 rings (SSSR count). The topological polar surface area (TPSA) is 77.8 Å². The molecule has 126 valence electrons. The SMILES string of the molecule is Nc1cc(=O)n(CCCN2CCOCC2)c2nc3ccccc3n12. The second-order valence-corrected chi connectivity index (χ2v) is 6.10.